The van der Waals surface area contributed by atoms with Crippen LogP contribution in [0.25, 0.3) is 0 Å². The Bertz CT molecular complexity index is 686. The fourth-order valence-corrected chi connectivity index (χ4v) is 2.34. The third-order valence-corrected chi connectivity index (χ3v) is 3.19. The summed E-state index contributed by atoms with van der Waals surface area (Å²) in [6.45, 7) is 2.45. The molecule has 1 aromatic carbocycles. The third-order valence-electron chi connectivity index (χ3n) is 2.97. The van der Waals surface area contributed by atoms with E-state index in [0.717, 1.165) is 12.0 Å². The summed E-state index contributed by atoms with van der Waals surface area (Å²) in [4.78, 5) is 15.9. The van der Waals surface area contributed by atoms with Crippen LogP contribution in [0, 0.1) is 6.92 Å². The largest absolute Gasteiger partial charge is 0.491 e. The summed E-state index contributed by atoms with van der Waals surface area (Å²) in [5.41, 5.74) is 1.54. The van der Waals surface area contributed by atoms with Gasteiger partial charge in [0.2, 0.25) is 5.89 Å². The van der Waals surface area contributed by atoms with Gasteiger partial charge in [-0.1, -0.05) is 16.8 Å². The van der Waals surface area contributed by atoms with Gasteiger partial charge in [-0.2, -0.15) is 4.98 Å². The van der Waals surface area contributed by atoms with Crippen LogP contribution in [0.1, 0.15) is 17.3 Å². The minimum Gasteiger partial charge on any atom is -0.491 e. The highest BCUT2D eigenvalue weighted by atomic mass is 35.5. The number of nitrogens with zero attached hydrogens (tertiary/aromatic N) is 2. The van der Waals surface area contributed by atoms with Gasteiger partial charge in [0, 0.05) is 23.9 Å². The normalized spacial score (nSPS) is 12.7. The van der Waals surface area contributed by atoms with Crippen LogP contribution >= 0.6 is 11.6 Å². The number of fused-ring (bicyclic) bond motifs is 1. The molecule has 3 rings (SSSR count). The summed E-state index contributed by atoms with van der Waals surface area (Å²) in [6.07, 6.45) is 0.786. The van der Waals surface area contributed by atoms with E-state index in [-0.39, 0.29) is 6.54 Å². The molecule has 7 nitrogen and oxygen atoms in total. The van der Waals surface area contributed by atoms with Crippen LogP contribution in [0.5, 0.6) is 5.75 Å². The third kappa shape index (κ3) is 3.08. The Balaban J connectivity index is 1.65. The van der Waals surface area contributed by atoms with Crippen LogP contribution in [0.2, 0.25) is 5.02 Å². The Morgan fingerprint density at radius 3 is 3.10 bits per heavy atom. The highest BCUT2D eigenvalue weighted by Gasteiger charge is 2.19. The Kier molecular flexibility index (Phi) is 3.66. The molecule has 1 aliphatic rings. The molecule has 21 heavy (non-hydrogen) atoms. The minimum absolute atomic E-state index is 0.173. The molecule has 0 bridgehead atoms. The number of hydrogen-bond donors (Lipinski definition) is 2. The smallest absolute Gasteiger partial charge is 0.319 e. The van der Waals surface area contributed by atoms with E-state index in [9.17, 15) is 4.79 Å². The second kappa shape index (κ2) is 5.61. The first kappa shape index (κ1) is 13.7. The molecular weight excluding hydrogens is 296 g/mol. The molecule has 2 amide bonds. The van der Waals surface area contributed by atoms with Crippen LogP contribution in [0.4, 0.5) is 10.5 Å². The van der Waals surface area contributed by atoms with Crippen LogP contribution in [0.3, 0.4) is 0 Å². The van der Waals surface area contributed by atoms with E-state index < -0.39 is 6.03 Å². The summed E-state index contributed by atoms with van der Waals surface area (Å²) >= 11 is 6.03. The lowest BCUT2D eigenvalue weighted by molar-refractivity contribution is 0.251. The molecule has 8 heteroatoms. The molecule has 0 radical (unpaired) electrons. The number of nitrogens with one attached hydrogen (secondary N) is 2. The van der Waals surface area contributed by atoms with Gasteiger partial charge in [0.15, 0.2) is 5.82 Å². The number of carbonyl (C=O) groups excluding carboxylic acids is 1. The molecule has 0 saturated carbocycles. The van der Waals surface area contributed by atoms with E-state index in [1.54, 1.807) is 13.0 Å². The van der Waals surface area contributed by atoms with Crippen molar-refractivity contribution in [3.05, 3.63) is 34.4 Å². The Labute approximate surface area is 125 Å². The van der Waals surface area contributed by atoms with Crippen molar-refractivity contribution in [2.24, 2.45) is 0 Å². The molecule has 2 heterocycles. The zero-order valence-corrected chi connectivity index (χ0v) is 12.0. The summed E-state index contributed by atoms with van der Waals surface area (Å²) in [7, 11) is 0. The van der Waals surface area contributed by atoms with Gasteiger partial charge in [-0.15, -0.1) is 0 Å². The SMILES string of the molecule is Cc1nc(CNC(=O)Nc2cc(Cl)cc3c2OCC3)no1. The van der Waals surface area contributed by atoms with E-state index in [1.807, 2.05) is 6.07 Å². The van der Waals surface area contributed by atoms with Crippen molar-refractivity contribution < 1.29 is 14.1 Å². The maximum Gasteiger partial charge on any atom is 0.319 e. The topological polar surface area (TPSA) is 89.3 Å². The summed E-state index contributed by atoms with van der Waals surface area (Å²) < 4.78 is 10.3. The summed E-state index contributed by atoms with van der Waals surface area (Å²) in [5.74, 6) is 1.54. The fourth-order valence-electron chi connectivity index (χ4n) is 2.10. The first-order valence-electron chi connectivity index (χ1n) is 6.41. The lowest BCUT2D eigenvalue weighted by atomic mass is 10.1. The molecule has 1 aliphatic heterocycles. The average Bonchev–Trinajstić information content (AvgIpc) is 3.05. The van der Waals surface area contributed by atoms with Crippen molar-refractivity contribution in [2.45, 2.75) is 19.9 Å². The molecular formula is C13H13ClN4O3. The number of urea groups is 1. The average molecular weight is 309 g/mol. The number of carbonyl (C=O) groups is 1. The maximum atomic E-state index is 11.9. The highest BCUT2D eigenvalue weighted by molar-refractivity contribution is 6.31. The van der Waals surface area contributed by atoms with E-state index >= 15 is 0 Å². The second-order valence-electron chi connectivity index (χ2n) is 4.58. The number of aromatic nitrogens is 2. The highest BCUT2D eigenvalue weighted by Crippen LogP contribution is 2.36. The van der Waals surface area contributed by atoms with Crippen molar-refractivity contribution in [1.29, 1.82) is 0 Å². The van der Waals surface area contributed by atoms with E-state index in [4.69, 9.17) is 20.9 Å². The lowest BCUT2D eigenvalue weighted by Crippen LogP contribution is -2.28. The number of benzene rings is 1. The molecule has 0 fully saturated rings. The summed E-state index contributed by atoms with van der Waals surface area (Å²) in [5, 5.41) is 9.60. The molecule has 0 unspecified atom stereocenters. The zero-order valence-electron chi connectivity index (χ0n) is 11.3. The minimum atomic E-state index is -0.391. The van der Waals surface area contributed by atoms with Gasteiger partial charge in [0.1, 0.15) is 5.75 Å². The van der Waals surface area contributed by atoms with Crippen molar-refractivity contribution in [3.8, 4) is 5.75 Å². The van der Waals surface area contributed by atoms with Gasteiger partial charge >= 0.3 is 6.03 Å². The molecule has 1 aromatic heterocycles. The van der Waals surface area contributed by atoms with E-state index in [0.29, 0.717) is 34.8 Å². The fraction of sp³-hybridized carbons (Fsp3) is 0.308. The van der Waals surface area contributed by atoms with Gasteiger partial charge in [0.25, 0.3) is 0 Å². The monoisotopic (exact) mass is 308 g/mol. The van der Waals surface area contributed by atoms with Crippen molar-refractivity contribution >= 4 is 23.3 Å². The first-order chi connectivity index (χ1) is 10.1. The maximum absolute atomic E-state index is 11.9. The number of amides is 2. The van der Waals surface area contributed by atoms with Crippen LogP contribution in [0.15, 0.2) is 16.7 Å². The quantitative estimate of drug-likeness (QED) is 0.908. The van der Waals surface area contributed by atoms with Gasteiger partial charge in [-0.25, -0.2) is 4.79 Å². The van der Waals surface area contributed by atoms with Crippen molar-refractivity contribution in [3.63, 3.8) is 0 Å². The standard InChI is InChI=1S/C13H13ClN4O3/c1-7-16-11(18-21-7)6-15-13(19)17-10-5-9(14)4-8-2-3-20-12(8)10/h4-5H,2-3,6H2,1H3,(H2,15,17,19). The molecule has 0 atom stereocenters. The van der Waals surface area contributed by atoms with Crippen LogP contribution < -0.4 is 15.4 Å². The van der Waals surface area contributed by atoms with Gasteiger partial charge < -0.3 is 19.9 Å². The van der Waals surface area contributed by atoms with Crippen LogP contribution in [-0.2, 0) is 13.0 Å². The Morgan fingerprint density at radius 2 is 2.33 bits per heavy atom. The number of hydrogen-bond acceptors (Lipinski definition) is 5. The Morgan fingerprint density at radius 1 is 1.48 bits per heavy atom. The van der Waals surface area contributed by atoms with Crippen molar-refractivity contribution in [2.75, 3.05) is 11.9 Å². The Hall–Kier alpha value is -2.28. The number of halogens is 1. The zero-order chi connectivity index (χ0) is 14.8. The van der Waals surface area contributed by atoms with Gasteiger partial charge in [0.05, 0.1) is 18.8 Å². The van der Waals surface area contributed by atoms with Gasteiger partial charge in [-0.05, 0) is 12.1 Å². The molecule has 2 N–H and O–H groups in total. The van der Waals surface area contributed by atoms with Crippen LogP contribution in [-0.4, -0.2) is 22.8 Å². The molecule has 0 aliphatic carbocycles. The van der Waals surface area contributed by atoms with E-state index in [1.165, 1.54) is 0 Å². The van der Waals surface area contributed by atoms with E-state index in [2.05, 4.69) is 20.8 Å². The first-order valence-corrected chi connectivity index (χ1v) is 6.79. The predicted octanol–water partition coefficient (Wildman–Crippen LogP) is 2.29. The lowest BCUT2D eigenvalue weighted by Gasteiger charge is -2.10. The second-order valence-corrected chi connectivity index (χ2v) is 5.01. The number of aryl methyl sites for hydroxylation is 1. The predicted molar refractivity (Wildman–Crippen MR) is 75.5 cm³/mol. The van der Waals surface area contributed by atoms with Gasteiger partial charge in [-0.3, -0.25) is 0 Å². The number of rotatable bonds is 3. The number of anilines is 1. The van der Waals surface area contributed by atoms with Crippen molar-refractivity contribution in [1.82, 2.24) is 15.5 Å². The molecule has 2 aromatic rings. The molecule has 0 spiro atoms. The number of ether oxygens (including phenoxy) is 1. The molecule has 0 saturated heterocycles. The molecule has 110 valence electrons. The summed E-state index contributed by atoms with van der Waals surface area (Å²) in [6, 6.07) is 3.11.